The zero-order valence-corrected chi connectivity index (χ0v) is 13.6. The predicted molar refractivity (Wildman–Crippen MR) is 92.9 cm³/mol. The Morgan fingerprint density at radius 2 is 1.16 bits per heavy atom. The van der Waals surface area contributed by atoms with Crippen LogP contribution in [0.4, 0.5) is 11.4 Å². The third kappa shape index (κ3) is 3.29. The average molecular weight is 335 g/mol. The van der Waals surface area contributed by atoms with Crippen molar-refractivity contribution in [2.75, 3.05) is 23.2 Å². The van der Waals surface area contributed by atoms with Crippen LogP contribution in [0.3, 0.4) is 0 Å². The molecule has 25 heavy (non-hydrogen) atoms. The molecule has 0 N–H and O–H groups in total. The number of hydrogen-bond acceptors (Lipinski definition) is 6. The maximum Gasteiger partial charge on any atom is 0.538 e. The van der Waals surface area contributed by atoms with Gasteiger partial charge in [0.05, 0.1) is 11.4 Å². The number of benzene rings is 2. The summed E-state index contributed by atoms with van der Waals surface area (Å²) in [5.74, 6) is 0.149. The van der Waals surface area contributed by atoms with Crippen molar-refractivity contribution in [2.45, 2.75) is 12.8 Å². The molecule has 4 rings (SSSR count). The highest BCUT2D eigenvalue weighted by Gasteiger charge is 2.26. The van der Waals surface area contributed by atoms with Gasteiger partial charge in [0.15, 0.2) is 11.6 Å². The molecule has 0 saturated carbocycles. The van der Waals surface area contributed by atoms with E-state index in [-0.39, 0.29) is 24.7 Å². The highest BCUT2D eigenvalue weighted by molar-refractivity contribution is 6.19. The van der Waals surface area contributed by atoms with Crippen molar-refractivity contribution in [2.24, 2.45) is 0 Å². The Kier molecular flexibility index (Phi) is 4.25. The lowest BCUT2D eigenvalue weighted by atomic mass is 10.0. The number of hydroxylamine groups is 2. The van der Waals surface area contributed by atoms with Crippen LogP contribution < -0.4 is 10.1 Å². The molecule has 0 saturated heterocycles. The first-order valence-electron chi connectivity index (χ1n) is 8.10. The van der Waals surface area contributed by atoms with Gasteiger partial charge >= 0.3 is 7.69 Å². The SMILES string of the molecule is O=C1Cc2ccccc2N(O[B]ON2CC(=O)Cc3ccccc32)C1. The highest BCUT2D eigenvalue weighted by atomic mass is 16.8. The number of ketones is 2. The normalized spacial score (nSPS) is 16.5. The lowest BCUT2D eigenvalue weighted by Gasteiger charge is -2.32. The number of para-hydroxylation sites is 2. The fourth-order valence-electron chi connectivity index (χ4n) is 3.15. The maximum atomic E-state index is 11.9. The van der Waals surface area contributed by atoms with E-state index in [1.165, 1.54) is 10.1 Å². The van der Waals surface area contributed by atoms with E-state index in [2.05, 4.69) is 0 Å². The molecule has 2 aliphatic rings. The summed E-state index contributed by atoms with van der Waals surface area (Å²) in [6.07, 6.45) is 0.815. The molecule has 0 amide bonds. The monoisotopic (exact) mass is 335 g/mol. The van der Waals surface area contributed by atoms with Gasteiger partial charge in [-0.2, -0.15) is 0 Å². The first-order chi connectivity index (χ1) is 12.2. The molecular formula is C18H16BN2O4. The molecule has 0 unspecified atom stereocenters. The molecule has 2 aromatic rings. The van der Waals surface area contributed by atoms with E-state index < -0.39 is 0 Å². The minimum absolute atomic E-state index is 0.0746. The van der Waals surface area contributed by atoms with Crippen molar-refractivity contribution >= 4 is 30.6 Å². The van der Waals surface area contributed by atoms with E-state index in [1.807, 2.05) is 48.5 Å². The minimum Gasteiger partial charge on any atom is -0.297 e. The molecule has 0 aromatic heterocycles. The van der Waals surface area contributed by atoms with Crippen LogP contribution in [0.1, 0.15) is 11.1 Å². The Hall–Kier alpha value is -2.64. The Balaban J connectivity index is 1.43. The molecule has 7 heteroatoms. The number of carbonyl (C=O) groups is 2. The molecule has 2 aromatic carbocycles. The molecule has 125 valence electrons. The van der Waals surface area contributed by atoms with Gasteiger partial charge in [-0.1, -0.05) is 36.4 Å². The number of rotatable bonds is 4. The molecule has 0 atom stereocenters. The molecular weight excluding hydrogens is 319 g/mol. The summed E-state index contributed by atoms with van der Waals surface area (Å²) in [4.78, 5) is 23.8. The average Bonchev–Trinajstić information content (AvgIpc) is 2.61. The van der Waals surface area contributed by atoms with Crippen LogP contribution in [-0.2, 0) is 31.9 Å². The number of nitrogens with zero attached hydrogens (tertiary/aromatic N) is 2. The van der Waals surface area contributed by atoms with Gasteiger partial charge in [-0.3, -0.25) is 29.2 Å². The largest absolute Gasteiger partial charge is 0.538 e. The van der Waals surface area contributed by atoms with Gasteiger partial charge in [0.1, 0.15) is 13.1 Å². The Morgan fingerprint density at radius 3 is 1.64 bits per heavy atom. The van der Waals surface area contributed by atoms with Gasteiger partial charge in [0.25, 0.3) is 0 Å². The Morgan fingerprint density at radius 1 is 0.720 bits per heavy atom. The summed E-state index contributed by atoms with van der Waals surface area (Å²) < 4.78 is 11.1. The summed E-state index contributed by atoms with van der Waals surface area (Å²) in [6.45, 7) is 0.318. The lowest BCUT2D eigenvalue weighted by Crippen LogP contribution is -2.41. The van der Waals surface area contributed by atoms with Crippen LogP contribution in [0.5, 0.6) is 0 Å². The van der Waals surface area contributed by atoms with Gasteiger partial charge in [-0.25, -0.2) is 0 Å². The van der Waals surface area contributed by atoms with E-state index in [9.17, 15) is 9.59 Å². The van der Waals surface area contributed by atoms with Crippen molar-refractivity contribution < 1.29 is 19.1 Å². The number of fused-ring (bicyclic) bond motifs is 2. The summed E-state index contributed by atoms with van der Waals surface area (Å²) in [6, 6.07) is 15.2. The number of carbonyl (C=O) groups excluding carboxylic acids is 2. The van der Waals surface area contributed by atoms with E-state index in [4.69, 9.17) is 9.51 Å². The zero-order chi connectivity index (χ0) is 17.2. The third-order valence-corrected chi connectivity index (χ3v) is 4.28. The molecule has 0 fully saturated rings. The van der Waals surface area contributed by atoms with Crippen LogP contribution in [0.15, 0.2) is 48.5 Å². The summed E-state index contributed by atoms with van der Waals surface area (Å²) in [5.41, 5.74) is 3.53. The van der Waals surface area contributed by atoms with Crippen molar-refractivity contribution in [3.05, 3.63) is 59.7 Å². The van der Waals surface area contributed by atoms with Gasteiger partial charge in [-0.05, 0) is 23.3 Å². The fourth-order valence-corrected chi connectivity index (χ4v) is 3.15. The number of hydrogen-bond donors (Lipinski definition) is 0. The third-order valence-electron chi connectivity index (χ3n) is 4.28. The van der Waals surface area contributed by atoms with Crippen molar-refractivity contribution in [1.29, 1.82) is 0 Å². The van der Waals surface area contributed by atoms with E-state index in [0.29, 0.717) is 12.8 Å². The second kappa shape index (κ2) is 6.70. The van der Waals surface area contributed by atoms with Crippen molar-refractivity contribution in [3.8, 4) is 0 Å². The van der Waals surface area contributed by atoms with Crippen LogP contribution in [0, 0.1) is 0 Å². The van der Waals surface area contributed by atoms with Crippen molar-refractivity contribution in [1.82, 2.24) is 0 Å². The van der Waals surface area contributed by atoms with Crippen LogP contribution in [0.2, 0.25) is 0 Å². The second-order valence-corrected chi connectivity index (χ2v) is 6.07. The van der Waals surface area contributed by atoms with Crippen LogP contribution in [-0.4, -0.2) is 32.3 Å². The number of Topliss-reactive ketones (excluding diaryl/α,β-unsaturated/α-hetero) is 2. The van der Waals surface area contributed by atoms with E-state index in [0.717, 1.165) is 30.2 Å². The highest BCUT2D eigenvalue weighted by Crippen LogP contribution is 2.27. The van der Waals surface area contributed by atoms with Gasteiger partial charge in [0.2, 0.25) is 0 Å². The molecule has 0 aliphatic carbocycles. The Bertz CT molecular complexity index is 759. The topological polar surface area (TPSA) is 59.1 Å². The Labute approximate surface area is 146 Å². The van der Waals surface area contributed by atoms with Crippen molar-refractivity contribution in [3.63, 3.8) is 0 Å². The fraction of sp³-hybridized carbons (Fsp3) is 0.222. The van der Waals surface area contributed by atoms with Crippen LogP contribution >= 0.6 is 0 Å². The van der Waals surface area contributed by atoms with Gasteiger partial charge in [0, 0.05) is 12.8 Å². The molecule has 6 nitrogen and oxygen atoms in total. The summed E-state index contributed by atoms with van der Waals surface area (Å²) in [7, 11) is 1.16. The van der Waals surface area contributed by atoms with E-state index in [1.54, 1.807) is 0 Å². The predicted octanol–water partition coefficient (Wildman–Crippen LogP) is 1.65. The summed E-state index contributed by atoms with van der Waals surface area (Å²) >= 11 is 0. The van der Waals surface area contributed by atoms with Gasteiger partial charge in [-0.15, -0.1) is 0 Å². The lowest BCUT2D eigenvalue weighted by molar-refractivity contribution is -0.118. The molecule has 0 spiro atoms. The standard InChI is InChI=1S/C18H16BN2O4/c22-15-9-13-5-1-3-7-17(13)20(11-15)24-19-25-21-12-16(23)10-14-6-2-4-8-18(14)21/h1-8H,9-12H2. The molecule has 2 aliphatic heterocycles. The zero-order valence-electron chi connectivity index (χ0n) is 13.6. The first kappa shape index (κ1) is 15.9. The van der Waals surface area contributed by atoms with Gasteiger partial charge < -0.3 is 0 Å². The first-order valence-corrected chi connectivity index (χ1v) is 8.10. The number of anilines is 2. The maximum absolute atomic E-state index is 11.9. The quantitative estimate of drug-likeness (QED) is 0.792. The molecule has 0 bridgehead atoms. The summed E-state index contributed by atoms with van der Waals surface area (Å²) in [5, 5.41) is 3.00. The van der Waals surface area contributed by atoms with Crippen LogP contribution in [0.25, 0.3) is 0 Å². The van der Waals surface area contributed by atoms with E-state index >= 15 is 0 Å². The smallest absolute Gasteiger partial charge is 0.297 e. The molecule has 1 radical (unpaired) electrons. The molecule has 2 heterocycles. The second-order valence-electron chi connectivity index (χ2n) is 6.07. The minimum atomic E-state index is 0.0746.